The van der Waals surface area contributed by atoms with Crippen LogP contribution in [0.3, 0.4) is 0 Å². The van der Waals surface area contributed by atoms with Gasteiger partial charge in [0.1, 0.15) is 5.84 Å². The van der Waals surface area contributed by atoms with E-state index in [1.165, 1.54) is 18.6 Å². The van der Waals surface area contributed by atoms with Crippen molar-refractivity contribution < 1.29 is 18.0 Å². The molecule has 0 aromatic heterocycles. The lowest BCUT2D eigenvalue weighted by atomic mass is 10.1. The van der Waals surface area contributed by atoms with Crippen molar-refractivity contribution in [3.63, 3.8) is 0 Å². The second-order valence-corrected chi connectivity index (χ2v) is 7.55. The summed E-state index contributed by atoms with van der Waals surface area (Å²) in [5, 5.41) is 2.69. The van der Waals surface area contributed by atoms with E-state index in [0.717, 1.165) is 43.8 Å². The van der Waals surface area contributed by atoms with Crippen LogP contribution in [-0.4, -0.2) is 37.2 Å². The maximum absolute atomic E-state index is 12.9. The Hall–Kier alpha value is -3.36. The Balaban J connectivity index is 1.49. The highest BCUT2D eigenvalue weighted by Crippen LogP contribution is 2.30. The number of amidine groups is 2. The predicted octanol–water partition coefficient (Wildman–Crippen LogP) is 3.87. The molecule has 0 atom stereocenters. The van der Waals surface area contributed by atoms with Gasteiger partial charge in [-0.1, -0.05) is 12.1 Å². The molecule has 3 N–H and O–H groups in total. The summed E-state index contributed by atoms with van der Waals surface area (Å²) < 4.78 is 38.8. The minimum absolute atomic E-state index is 0.0725. The van der Waals surface area contributed by atoms with Crippen molar-refractivity contribution in [3.8, 4) is 0 Å². The fourth-order valence-corrected chi connectivity index (χ4v) is 3.69. The van der Waals surface area contributed by atoms with Gasteiger partial charge in [0.2, 0.25) is 0 Å². The molecule has 6 nitrogen and oxygen atoms in total. The number of hydrogen-bond donors (Lipinski definition) is 2. The Morgan fingerprint density at radius 3 is 2.58 bits per heavy atom. The average molecular weight is 429 g/mol. The largest absolute Gasteiger partial charge is 0.416 e. The third-order valence-electron chi connectivity index (χ3n) is 5.33. The molecule has 2 aromatic rings. The molecule has 1 fully saturated rings. The highest BCUT2D eigenvalue weighted by atomic mass is 19.4. The van der Waals surface area contributed by atoms with Crippen LogP contribution < -0.4 is 16.0 Å². The molecule has 0 spiro atoms. The molecule has 2 aromatic carbocycles. The molecular weight excluding hydrogens is 407 g/mol. The fourth-order valence-electron chi connectivity index (χ4n) is 3.69. The summed E-state index contributed by atoms with van der Waals surface area (Å²) in [6.45, 7) is 1.95. The molecule has 9 heteroatoms. The molecular formula is C22H22F3N5O. The maximum atomic E-state index is 12.9. The normalized spacial score (nSPS) is 16.7. The van der Waals surface area contributed by atoms with Crippen molar-refractivity contribution >= 4 is 29.0 Å². The van der Waals surface area contributed by atoms with Crippen LogP contribution in [0.5, 0.6) is 0 Å². The van der Waals surface area contributed by atoms with Gasteiger partial charge >= 0.3 is 6.18 Å². The number of nitrogens with two attached hydrogens (primary N) is 1. The molecule has 0 radical (unpaired) electrons. The first-order valence-corrected chi connectivity index (χ1v) is 10.1. The zero-order valence-electron chi connectivity index (χ0n) is 16.7. The van der Waals surface area contributed by atoms with E-state index < -0.39 is 17.6 Å². The molecule has 2 heterocycles. The van der Waals surface area contributed by atoms with Gasteiger partial charge in [0.05, 0.1) is 17.7 Å². The van der Waals surface area contributed by atoms with E-state index in [1.807, 2.05) is 6.07 Å². The molecule has 4 rings (SSSR count). The molecule has 0 aliphatic carbocycles. The average Bonchev–Trinajstić information content (AvgIpc) is 3.22. The van der Waals surface area contributed by atoms with Crippen LogP contribution in [0, 0.1) is 0 Å². The molecule has 2 aliphatic rings. The molecule has 0 saturated carbocycles. The van der Waals surface area contributed by atoms with Crippen LogP contribution in [0.15, 0.2) is 52.4 Å². The maximum Gasteiger partial charge on any atom is 0.416 e. The number of nitrogens with zero attached hydrogens (tertiary/aromatic N) is 3. The van der Waals surface area contributed by atoms with Crippen molar-refractivity contribution in [2.45, 2.75) is 25.4 Å². The lowest BCUT2D eigenvalue weighted by Crippen LogP contribution is -2.33. The van der Waals surface area contributed by atoms with Gasteiger partial charge in [0.15, 0.2) is 5.84 Å². The number of halogens is 3. The second-order valence-electron chi connectivity index (χ2n) is 7.55. The van der Waals surface area contributed by atoms with E-state index in [0.29, 0.717) is 11.3 Å². The Kier molecular flexibility index (Phi) is 5.67. The van der Waals surface area contributed by atoms with Crippen molar-refractivity contribution in [3.05, 3.63) is 59.2 Å². The summed E-state index contributed by atoms with van der Waals surface area (Å²) in [6, 6.07) is 10.2. The molecule has 1 amide bonds. The van der Waals surface area contributed by atoms with E-state index in [2.05, 4.69) is 20.2 Å². The number of piperidine rings is 1. The summed E-state index contributed by atoms with van der Waals surface area (Å²) >= 11 is 0. The van der Waals surface area contributed by atoms with Crippen LogP contribution in [0.2, 0.25) is 0 Å². The topological polar surface area (TPSA) is 83.1 Å². The van der Waals surface area contributed by atoms with Gasteiger partial charge < -0.3 is 16.0 Å². The summed E-state index contributed by atoms with van der Waals surface area (Å²) in [6.07, 6.45) is -1.03. The Bertz CT molecular complexity index is 1060. The third-order valence-corrected chi connectivity index (χ3v) is 5.33. The van der Waals surface area contributed by atoms with Gasteiger partial charge in [0.25, 0.3) is 5.91 Å². The first-order valence-electron chi connectivity index (χ1n) is 10.1. The van der Waals surface area contributed by atoms with Crippen molar-refractivity contribution in [1.82, 2.24) is 5.32 Å². The van der Waals surface area contributed by atoms with E-state index in [-0.39, 0.29) is 23.8 Å². The number of carbonyl (C=O) groups is 1. The van der Waals surface area contributed by atoms with Gasteiger partial charge in [-0.2, -0.15) is 13.2 Å². The van der Waals surface area contributed by atoms with Crippen LogP contribution >= 0.6 is 0 Å². The number of nitrogens with one attached hydrogen (secondary N) is 1. The summed E-state index contributed by atoms with van der Waals surface area (Å²) in [7, 11) is 0. The lowest BCUT2D eigenvalue weighted by Gasteiger charge is -2.29. The fraction of sp³-hybridized carbons (Fsp3) is 0.318. The highest BCUT2D eigenvalue weighted by molar-refractivity contribution is 6.17. The minimum atomic E-state index is -4.45. The van der Waals surface area contributed by atoms with Gasteiger partial charge in [-0.25, -0.2) is 4.99 Å². The summed E-state index contributed by atoms with van der Waals surface area (Å²) in [4.78, 5) is 23.4. The van der Waals surface area contributed by atoms with Crippen LogP contribution in [0.4, 0.5) is 24.5 Å². The van der Waals surface area contributed by atoms with Gasteiger partial charge in [-0.3, -0.25) is 9.79 Å². The van der Waals surface area contributed by atoms with E-state index in [4.69, 9.17) is 5.73 Å². The van der Waals surface area contributed by atoms with E-state index in [1.54, 1.807) is 12.1 Å². The molecule has 2 aliphatic heterocycles. The number of alkyl halides is 3. The van der Waals surface area contributed by atoms with Crippen LogP contribution in [0.25, 0.3) is 0 Å². The standard InChI is InChI=1S/C22H22F3N5O/c23-22(24,25)15-6-4-5-14(11-15)20-27-13-19(28-20)29-21(31)17-12-16(7-8-18(17)26)30-9-2-1-3-10-30/h4-8,11-12H,1-3,9-10,13,26H2,(H,27,28,29,31). The Morgan fingerprint density at radius 1 is 1.06 bits per heavy atom. The van der Waals surface area contributed by atoms with Crippen molar-refractivity contribution in [1.29, 1.82) is 0 Å². The predicted molar refractivity (Wildman–Crippen MR) is 115 cm³/mol. The first kappa shape index (κ1) is 20.9. The zero-order chi connectivity index (χ0) is 22.0. The van der Waals surface area contributed by atoms with E-state index in [9.17, 15) is 18.0 Å². The zero-order valence-corrected chi connectivity index (χ0v) is 16.7. The van der Waals surface area contributed by atoms with Crippen LogP contribution in [-0.2, 0) is 6.18 Å². The second kappa shape index (κ2) is 8.41. The number of benzene rings is 2. The Labute approximate surface area is 177 Å². The monoisotopic (exact) mass is 429 g/mol. The Morgan fingerprint density at radius 2 is 1.84 bits per heavy atom. The number of anilines is 2. The molecule has 0 unspecified atom stereocenters. The molecule has 1 saturated heterocycles. The number of rotatable bonds is 3. The lowest BCUT2D eigenvalue weighted by molar-refractivity contribution is -0.137. The van der Waals surface area contributed by atoms with Gasteiger partial charge in [-0.15, -0.1) is 0 Å². The molecule has 162 valence electrons. The highest BCUT2D eigenvalue weighted by Gasteiger charge is 2.31. The van der Waals surface area contributed by atoms with Gasteiger partial charge in [-0.05, 0) is 49.6 Å². The van der Waals surface area contributed by atoms with Crippen molar-refractivity contribution in [2.75, 3.05) is 30.3 Å². The smallest absolute Gasteiger partial charge is 0.398 e. The number of carbonyl (C=O) groups excluding carboxylic acids is 1. The molecule has 31 heavy (non-hydrogen) atoms. The number of aliphatic imine (C=N–C) groups is 2. The number of hydrogen-bond acceptors (Lipinski definition) is 5. The molecule has 0 bridgehead atoms. The first-order chi connectivity index (χ1) is 14.8. The SMILES string of the molecule is Nc1ccc(N2CCCCC2)cc1C(=O)NC1=NC(c2cccc(C(F)(F)F)c2)=NC1. The van der Waals surface area contributed by atoms with E-state index >= 15 is 0 Å². The minimum Gasteiger partial charge on any atom is -0.398 e. The number of nitrogen functional groups attached to an aromatic ring is 1. The van der Waals surface area contributed by atoms with Crippen molar-refractivity contribution in [2.24, 2.45) is 9.98 Å². The summed E-state index contributed by atoms with van der Waals surface area (Å²) in [5.74, 6) is -0.00720. The third kappa shape index (κ3) is 4.70. The number of amides is 1. The van der Waals surface area contributed by atoms with Gasteiger partial charge in [0, 0.05) is 30.0 Å². The van der Waals surface area contributed by atoms with Crippen LogP contribution in [0.1, 0.15) is 40.7 Å². The quantitative estimate of drug-likeness (QED) is 0.727. The summed E-state index contributed by atoms with van der Waals surface area (Å²) in [5.41, 5.74) is 7.09.